The molecule has 0 aromatic heterocycles. The van der Waals surface area contributed by atoms with Crippen molar-refractivity contribution in [1.82, 2.24) is 0 Å². The Labute approximate surface area is 106 Å². The van der Waals surface area contributed by atoms with Gasteiger partial charge in [0.05, 0.1) is 21.5 Å². The normalized spacial score (nSPS) is 13.6. The summed E-state index contributed by atoms with van der Waals surface area (Å²) in [6, 6.07) is 2.70. The fourth-order valence-corrected chi connectivity index (χ4v) is 1.62. The molecule has 0 aliphatic rings. The van der Waals surface area contributed by atoms with Crippen molar-refractivity contribution in [2.45, 2.75) is 18.9 Å². The molecule has 3 N–H and O–H groups in total. The first kappa shape index (κ1) is 14.5. The van der Waals surface area contributed by atoms with Crippen LogP contribution in [0.25, 0.3) is 0 Å². The van der Waals surface area contributed by atoms with Gasteiger partial charge < -0.3 is 10.8 Å². The van der Waals surface area contributed by atoms with Crippen LogP contribution in [0, 0.1) is 20.2 Å². The summed E-state index contributed by atoms with van der Waals surface area (Å²) in [7, 11) is 0. The highest BCUT2D eigenvalue weighted by molar-refractivity contribution is 5.82. The van der Waals surface area contributed by atoms with E-state index in [0.717, 1.165) is 12.1 Å². The Morgan fingerprint density at radius 1 is 1.37 bits per heavy atom. The van der Waals surface area contributed by atoms with Gasteiger partial charge in [-0.25, -0.2) is 4.79 Å². The van der Waals surface area contributed by atoms with E-state index in [0.29, 0.717) is 6.07 Å². The maximum atomic E-state index is 11.2. The zero-order valence-electron chi connectivity index (χ0n) is 9.90. The third-order valence-electron chi connectivity index (χ3n) is 2.81. The second-order valence-corrected chi connectivity index (χ2v) is 3.85. The third kappa shape index (κ3) is 2.50. The summed E-state index contributed by atoms with van der Waals surface area (Å²) in [5, 5.41) is 30.6. The molecule has 9 heteroatoms. The van der Waals surface area contributed by atoms with Crippen molar-refractivity contribution >= 4 is 17.3 Å². The van der Waals surface area contributed by atoms with Gasteiger partial charge in [-0.2, -0.15) is 0 Å². The van der Waals surface area contributed by atoms with Gasteiger partial charge >= 0.3 is 5.97 Å². The molecule has 1 aromatic rings. The summed E-state index contributed by atoms with van der Waals surface area (Å²) in [5.74, 6) is -1.44. The Bertz CT molecular complexity index is 558. The van der Waals surface area contributed by atoms with Gasteiger partial charge in [0.1, 0.15) is 5.54 Å². The van der Waals surface area contributed by atoms with Crippen LogP contribution < -0.4 is 5.73 Å². The summed E-state index contributed by atoms with van der Waals surface area (Å²) >= 11 is 0. The number of carboxylic acids is 1. The summed E-state index contributed by atoms with van der Waals surface area (Å²) < 4.78 is 0. The molecule has 1 unspecified atom stereocenters. The van der Waals surface area contributed by atoms with E-state index in [-0.39, 0.29) is 12.0 Å². The van der Waals surface area contributed by atoms with Gasteiger partial charge in [0.25, 0.3) is 11.4 Å². The highest BCUT2D eigenvalue weighted by Gasteiger charge is 2.40. The molecule has 0 heterocycles. The maximum Gasteiger partial charge on any atom is 0.328 e. The van der Waals surface area contributed by atoms with Crippen molar-refractivity contribution in [2.24, 2.45) is 5.73 Å². The van der Waals surface area contributed by atoms with Crippen molar-refractivity contribution in [1.29, 1.82) is 0 Å². The van der Waals surface area contributed by atoms with Gasteiger partial charge in [-0.1, -0.05) is 6.92 Å². The zero-order chi connectivity index (χ0) is 14.8. The van der Waals surface area contributed by atoms with Crippen LogP contribution in [0.5, 0.6) is 0 Å². The molecule has 1 atom stereocenters. The van der Waals surface area contributed by atoms with E-state index in [1.54, 1.807) is 0 Å². The number of benzene rings is 1. The Balaban J connectivity index is 3.56. The first-order chi connectivity index (χ1) is 8.74. The number of non-ortho nitro benzene ring substituents is 1. The SMILES string of the molecule is CCC(N)(C(=O)O)c1ccc([N+](=O)[O-])cc1[N+](=O)[O-]. The van der Waals surface area contributed by atoms with Crippen LogP contribution in [0.3, 0.4) is 0 Å². The lowest BCUT2D eigenvalue weighted by Gasteiger charge is -2.22. The number of aliphatic carboxylic acids is 1. The molecule has 1 aromatic carbocycles. The fraction of sp³-hybridized carbons (Fsp3) is 0.300. The minimum Gasteiger partial charge on any atom is -0.480 e. The smallest absolute Gasteiger partial charge is 0.328 e. The number of nitrogens with zero attached hydrogens (tertiary/aromatic N) is 2. The molecule has 1 rings (SSSR count). The van der Waals surface area contributed by atoms with Gasteiger partial charge in [0.2, 0.25) is 0 Å². The average Bonchev–Trinajstić information content (AvgIpc) is 2.36. The zero-order valence-corrected chi connectivity index (χ0v) is 9.90. The van der Waals surface area contributed by atoms with E-state index in [4.69, 9.17) is 10.8 Å². The molecular formula is C10H11N3O6. The molecule has 0 amide bonds. The predicted octanol–water partition coefficient (Wildman–Crippen LogP) is 1.15. The van der Waals surface area contributed by atoms with E-state index in [2.05, 4.69) is 0 Å². The fourth-order valence-electron chi connectivity index (χ4n) is 1.62. The molecule has 0 radical (unpaired) electrons. The van der Waals surface area contributed by atoms with Crippen molar-refractivity contribution in [3.63, 3.8) is 0 Å². The van der Waals surface area contributed by atoms with Crippen molar-refractivity contribution in [2.75, 3.05) is 0 Å². The Kier molecular flexibility index (Phi) is 3.80. The Morgan fingerprint density at radius 2 is 1.95 bits per heavy atom. The maximum absolute atomic E-state index is 11.2. The summed E-state index contributed by atoms with van der Waals surface area (Å²) in [4.78, 5) is 31.0. The lowest BCUT2D eigenvalue weighted by molar-refractivity contribution is -0.394. The van der Waals surface area contributed by atoms with Crippen LogP contribution >= 0.6 is 0 Å². The van der Waals surface area contributed by atoms with E-state index >= 15 is 0 Å². The van der Waals surface area contributed by atoms with Crippen LogP contribution in [0.2, 0.25) is 0 Å². The summed E-state index contributed by atoms with van der Waals surface area (Å²) in [5.41, 5.74) is 2.25. The van der Waals surface area contributed by atoms with Crippen LogP contribution in [0.15, 0.2) is 18.2 Å². The standard InChI is InChI=1S/C10H11N3O6/c1-2-10(11,9(14)15)7-4-3-6(12(16)17)5-8(7)13(18)19/h3-5H,2,11H2,1H3,(H,14,15). The second kappa shape index (κ2) is 4.98. The van der Waals surface area contributed by atoms with E-state index in [9.17, 15) is 25.0 Å². The minimum atomic E-state index is -1.96. The molecule has 102 valence electrons. The van der Waals surface area contributed by atoms with E-state index < -0.39 is 32.7 Å². The number of nitro benzene ring substituents is 2. The van der Waals surface area contributed by atoms with Crippen molar-refractivity contribution in [3.05, 3.63) is 44.0 Å². The predicted molar refractivity (Wildman–Crippen MR) is 63.5 cm³/mol. The first-order valence-corrected chi connectivity index (χ1v) is 5.19. The van der Waals surface area contributed by atoms with Crippen LogP contribution in [-0.2, 0) is 10.3 Å². The van der Waals surface area contributed by atoms with Gasteiger partial charge in [0.15, 0.2) is 0 Å². The number of nitro groups is 2. The third-order valence-corrected chi connectivity index (χ3v) is 2.81. The highest BCUT2D eigenvalue weighted by Crippen LogP contribution is 2.33. The number of carboxylic acid groups (broad SMARTS) is 1. The number of hydrogen-bond acceptors (Lipinski definition) is 6. The summed E-state index contributed by atoms with van der Waals surface area (Å²) in [6.07, 6.45) is -0.0962. The van der Waals surface area contributed by atoms with E-state index in [1.165, 1.54) is 6.92 Å². The number of hydrogen-bond donors (Lipinski definition) is 2. The van der Waals surface area contributed by atoms with Crippen LogP contribution in [-0.4, -0.2) is 20.9 Å². The second-order valence-electron chi connectivity index (χ2n) is 3.85. The summed E-state index contributed by atoms with van der Waals surface area (Å²) in [6.45, 7) is 1.46. The lowest BCUT2D eigenvalue weighted by Crippen LogP contribution is -2.44. The molecule has 0 saturated heterocycles. The lowest BCUT2D eigenvalue weighted by atomic mass is 9.87. The molecule has 0 fully saturated rings. The molecule has 0 spiro atoms. The van der Waals surface area contributed by atoms with Crippen LogP contribution in [0.1, 0.15) is 18.9 Å². The van der Waals surface area contributed by atoms with Gasteiger partial charge in [0, 0.05) is 6.07 Å². The Morgan fingerprint density at radius 3 is 2.32 bits per heavy atom. The van der Waals surface area contributed by atoms with E-state index in [1.807, 2.05) is 0 Å². The molecule has 0 aliphatic heterocycles. The minimum absolute atomic E-state index is 0.0962. The molecular weight excluding hydrogens is 258 g/mol. The largest absolute Gasteiger partial charge is 0.480 e. The average molecular weight is 269 g/mol. The van der Waals surface area contributed by atoms with Gasteiger partial charge in [-0.05, 0) is 12.5 Å². The molecule has 19 heavy (non-hydrogen) atoms. The topological polar surface area (TPSA) is 150 Å². The number of rotatable bonds is 5. The molecule has 9 nitrogen and oxygen atoms in total. The Hall–Kier alpha value is -2.55. The van der Waals surface area contributed by atoms with Crippen molar-refractivity contribution < 1.29 is 19.7 Å². The quantitative estimate of drug-likeness (QED) is 0.601. The van der Waals surface area contributed by atoms with Crippen LogP contribution in [0.4, 0.5) is 11.4 Å². The molecule has 0 aliphatic carbocycles. The molecule has 0 saturated carbocycles. The first-order valence-electron chi connectivity index (χ1n) is 5.19. The highest BCUT2D eigenvalue weighted by atomic mass is 16.6. The van der Waals surface area contributed by atoms with Crippen molar-refractivity contribution in [3.8, 4) is 0 Å². The molecule has 0 bridgehead atoms. The van der Waals surface area contributed by atoms with Gasteiger partial charge in [-0.15, -0.1) is 0 Å². The van der Waals surface area contributed by atoms with Gasteiger partial charge in [-0.3, -0.25) is 20.2 Å². The number of nitrogens with two attached hydrogens (primary N) is 1. The number of carbonyl (C=O) groups is 1. The monoisotopic (exact) mass is 269 g/mol.